The third kappa shape index (κ3) is 4.45. The average Bonchev–Trinajstić information content (AvgIpc) is 2.56. The molecule has 1 unspecified atom stereocenters. The van der Waals surface area contributed by atoms with Crippen LogP contribution in [-0.2, 0) is 4.79 Å². The Balaban J connectivity index is 2.32. The summed E-state index contributed by atoms with van der Waals surface area (Å²) < 4.78 is 10.6. The third-order valence-corrected chi connectivity index (χ3v) is 4.51. The van der Waals surface area contributed by atoms with E-state index in [4.69, 9.17) is 9.47 Å². The smallest absolute Gasteiger partial charge is 0.308 e. The van der Waals surface area contributed by atoms with Crippen molar-refractivity contribution in [2.75, 3.05) is 33.3 Å². The molecule has 0 radical (unpaired) electrons. The highest BCUT2D eigenvalue weighted by molar-refractivity contribution is 5.70. The average molecular weight is 320 g/mol. The largest absolute Gasteiger partial charge is 0.493 e. The Morgan fingerprint density at radius 3 is 2.57 bits per heavy atom. The monoisotopic (exact) mass is 320 g/mol. The van der Waals surface area contributed by atoms with E-state index < -0.39 is 0 Å². The van der Waals surface area contributed by atoms with Crippen LogP contribution in [0.15, 0.2) is 18.2 Å². The van der Waals surface area contributed by atoms with Gasteiger partial charge in [-0.25, -0.2) is 0 Å². The van der Waals surface area contributed by atoms with Crippen LogP contribution in [0, 0.1) is 5.92 Å². The summed E-state index contributed by atoms with van der Waals surface area (Å²) in [7, 11) is 1.61. The lowest BCUT2D eigenvalue weighted by Gasteiger charge is -2.38. The van der Waals surface area contributed by atoms with E-state index in [-0.39, 0.29) is 5.97 Å². The highest BCUT2D eigenvalue weighted by atomic mass is 16.6. The second-order valence-corrected chi connectivity index (χ2v) is 6.12. The summed E-state index contributed by atoms with van der Waals surface area (Å²) in [4.78, 5) is 13.7. The Morgan fingerprint density at radius 1 is 1.30 bits per heavy atom. The van der Waals surface area contributed by atoms with Gasteiger partial charge in [-0.1, -0.05) is 26.3 Å². The van der Waals surface area contributed by atoms with Crippen molar-refractivity contribution >= 4 is 5.97 Å². The van der Waals surface area contributed by atoms with Crippen LogP contribution >= 0.6 is 0 Å². The summed E-state index contributed by atoms with van der Waals surface area (Å²) >= 11 is 0. The van der Waals surface area contributed by atoms with Gasteiger partial charge in [-0.05, 0) is 23.6 Å². The third-order valence-electron chi connectivity index (χ3n) is 4.51. The number of benzene rings is 1. The number of rotatable bonds is 6. The van der Waals surface area contributed by atoms with Crippen LogP contribution in [0.25, 0.3) is 0 Å². The number of piperazine rings is 1. The van der Waals surface area contributed by atoms with Crippen LogP contribution < -0.4 is 14.8 Å². The highest BCUT2D eigenvalue weighted by Crippen LogP contribution is 2.36. The summed E-state index contributed by atoms with van der Waals surface area (Å²) in [6.45, 7) is 10.1. The fourth-order valence-electron chi connectivity index (χ4n) is 3.19. The Hall–Kier alpha value is -1.59. The number of ether oxygens (including phenoxy) is 2. The maximum atomic E-state index is 11.2. The Morgan fingerprint density at radius 2 is 2.00 bits per heavy atom. The normalized spacial score (nSPS) is 18.3. The zero-order valence-corrected chi connectivity index (χ0v) is 14.6. The minimum absolute atomic E-state index is 0.336. The van der Waals surface area contributed by atoms with Gasteiger partial charge in [0.2, 0.25) is 0 Å². The van der Waals surface area contributed by atoms with Gasteiger partial charge in [-0.2, -0.15) is 0 Å². The van der Waals surface area contributed by atoms with E-state index in [1.54, 1.807) is 7.11 Å². The minimum atomic E-state index is -0.336. The van der Waals surface area contributed by atoms with E-state index in [2.05, 4.69) is 30.1 Å². The number of carbonyl (C=O) groups is 1. The molecule has 0 aliphatic carbocycles. The lowest BCUT2D eigenvalue weighted by atomic mass is 9.90. The summed E-state index contributed by atoms with van der Waals surface area (Å²) in [5.41, 5.74) is 1.22. The zero-order valence-electron chi connectivity index (χ0n) is 14.6. The molecule has 1 aromatic rings. The first-order chi connectivity index (χ1) is 11.1. The van der Waals surface area contributed by atoms with Gasteiger partial charge in [0.15, 0.2) is 11.5 Å². The number of carbonyl (C=O) groups excluding carboxylic acids is 1. The van der Waals surface area contributed by atoms with Crippen molar-refractivity contribution in [2.24, 2.45) is 5.92 Å². The van der Waals surface area contributed by atoms with Crippen LogP contribution in [0.5, 0.6) is 11.5 Å². The second kappa shape index (κ2) is 8.31. The quantitative estimate of drug-likeness (QED) is 0.645. The Labute approximate surface area is 139 Å². The van der Waals surface area contributed by atoms with E-state index in [1.807, 2.05) is 12.1 Å². The minimum Gasteiger partial charge on any atom is -0.493 e. The van der Waals surface area contributed by atoms with E-state index in [0.29, 0.717) is 23.5 Å². The number of nitrogens with one attached hydrogen (secondary N) is 1. The lowest BCUT2D eigenvalue weighted by Crippen LogP contribution is -2.46. The van der Waals surface area contributed by atoms with Gasteiger partial charge in [0.05, 0.1) is 7.11 Å². The molecular formula is C18H28N2O3. The molecule has 0 spiro atoms. The van der Waals surface area contributed by atoms with Gasteiger partial charge in [0, 0.05) is 39.1 Å². The van der Waals surface area contributed by atoms with Crippen LogP contribution in [0.2, 0.25) is 0 Å². The van der Waals surface area contributed by atoms with Gasteiger partial charge in [0.1, 0.15) is 0 Å². The first-order valence-electron chi connectivity index (χ1n) is 8.38. The van der Waals surface area contributed by atoms with E-state index >= 15 is 0 Å². The van der Waals surface area contributed by atoms with Crippen molar-refractivity contribution < 1.29 is 14.3 Å². The molecule has 0 amide bonds. The Bertz CT molecular complexity index is 527. The summed E-state index contributed by atoms with van der Waals surface area (Å²) in [5.74, 6) is 1.29. The van der Waals surface area contributed by atoms with Gasteiger partial charge in [-0.15, -0.1) is 0 Å². The van der Waals surface area contributed by atoms with Crippen molar-refractivity contribution in [1.82, 2.24) is 10.2 Å². The molecule has 0 aromatic heterocycles. The molecule has 5 nitrogen and oxygen atoms in total. The molecule has 1 N–H and O–H groups in total. The van der Waals surface area contributed by atoms with Crippen LogP contribution in [0.4, 0.5) is 0 Å². The fourth-order valence-corrected chi connectivity index (χ4v) is 3.19. The number of hydrogen-bond donors (Lipinski definition) is 1. The molecule has 1 saturated heterocycles. The molecule has 1 aliphatic heterocycles. The topological polar surface area (TPSA) is 50.8 Å². The van der Waals surface area contributed by atoms with Crippen molar-refractivity contribution in [1.29, 1.82) is 0 Å². The zero-order chi connectivity index (χ0) is 16.8. The van der Waals surface area contributed by atoms with Gasteiger partial charge < -0.3 is 14.8 Å². The predicted octanol–water partition coefficient (Wildman–Crippen LogP) is 2.61. The first kappa shape index (κ1) is 17.8. The van der Waals surface area contributed by atoms with Crippen LogP contribution in [0.1, 0.15) is 38.8 Å². The molecule has 1 aromatic carbocycles. The molecule has 2 atom stereocenters. The van der Waals surface area contributed by atoms with Crippen molar-refractivity contribution in [3.8, 4) is 11.5 Å². The summed E-state index contributed by atoms with van der Waals surface area (Å²) in [5, 5.41) is 3.41. The number of nitrogens with zero attached hydrogens (tertiary/aromatic N) is 1. The lowest BCUT2D eigenvalue weighted by molar-refractivity contribution is -0.132. The van der Waals surface area contributed by atoms with Gasteiger partial charge in [0.25, 0.3) is 0 Å². The molecule has 2 rings (SSSR count). The molecule has 0 bridgehead atoms. The fraction of sp³-hybridized carbons (Fsp3) is 0.611. The number of hydrogen-bond acceptors (Lipinski definition) is 5. The second-order valence-electron chi connectivity index (χ2n) is 6.12. The van der Waals surface area contributed by atoms with Crippen molar-refractivity contribution in [3.05, 3.63) is 23.8 Å². The van der Waals surface area contributed by atoms with E-state index in [0.717, 1.165) is 32.6 Å². The SMILES string of the molecule is CCC(C)[C@@H](c1ccc(OC(C)=O)c(OC)c1)N1CCNCC1. The first-order valence-corrected chi connectivity index (χ1v) is 8.38. The van der Waals surface area contributed by atoms with Gasteiger partial charge >= 0.3 is 5.97 Å². The predicted molar refractivity (Wildman–Crippen MR) is 90.9 cm³/mol. The van der Waals surface area contributed by atoms with Crippen LogP contribution in [0.3, 0.4) is 0 Å². The highest BCUT2D eigenvalue weighted by Gasteiger charge is 2.27. The van der Waals surface area contributed by atoms with Crippen molar-refractivity contribution in [3.63, 3.8) is 0 Å². The maximum absolute atomic E-state index is 11.2. The molecular weight excluding hydrogens is 292 g/mol. The summed E-state index contributed by atoms with van der Waals surface area (Å²) in [6, 6.07) is 6.26. The molecule has 1 fully saturated rings. The standard InChI is InChI=1S/C18H28N2O3/c1-5-13(2)18(20-10-8-19-9-11-20)15-6-7-16(23-14(3)21)17(12-15)22-4/h6-7,12-13,18-19H,5,8-11H2,1-4H3/t13?,18-/m0/s1. The molecule has 0 saturated carbocycles. The molecule has 5 heteroatoms. The molecule has 23 heavy (non-hydrogen) atoms. The van der Waals surface area contributed by atoms with Crippen molar-refractivity contribution in [2.45, 2.75) is 33.2 Å². The molecule has 1 heterocycles. The summed E-state index contributed by atoms with van der Waals surface area (Å²) in [6.07, 6.45) is 1.11. The maximum Gasteiger partial charge on any atom is 0.308 e. The number of methoxy groups -OCH3 is 1. The van der Waals surface area contributed by atoms with E-state index in [9.17, 15) is 4.79 Å². The van der Waals surface area contributed by atoms with Gasteiger partial charge in [-0.3, -0.25) is 9.69 Å². The van der Waals surface area contributed by atoms with Crippen LogP contribution in [-0.4, -0.2) is 44.2 Å². The number of esters is 1. The van der Waals surface area contributed by atoms with E-state index in [1.165, 1.54) is 12.5 Å². The molecule has 128 valence electrons. The molecule has 1 aliphatic rings. The Kier molecular flexibility index (Phi) is 6.42.